The molecule has 1 heterocycles. The number of hydrogen-bond acceptors (Lipinski definition) is 3. The van der Waals surface area contributed by atoms with Crippen molar-refractivity contribution in [1.82, 2.24) is 10.6 Å². The molecule has 2 rings (SSSR count). The second kappa shape index (κ2) is 3.44. The minimum Gasteiger partial charge on any atom is -0.368 e. The summed E-state index contributed by atoms with van der Waals surface area (Å²) in [4.78, 5) is 4.64. The average Bonchev–Trinajstić information content (AvgIpc) is 2.47. The highest BCUT2D eigenvalue weighted by atomic mass is 15.1. The molecule has 0 aromatic rings. The first-order chi connectivity index (χ1) is 5.90. The highest BCUT2D eigenvalue weighted by Gasteiger charge is 2.29. The number of hydrogen-bond donors (Lipinski definition) is 2. The van der Waals surface area contributed by atoms with Gasteiger partial charge in [-0.3, -0.25) is 4.99 Å². The standard InChI is InChI=1S/C9H17N3/c1-10-6-9-11-7-4-2-3-5-8(7)12-9/h7-8,10H,2-6H2,1H3,(H,11,12). The Bertz CT molecular complexity index is 188. The maximum Gasteiger partial charge on any atom is 0.111 e. The number of likely N-dealkylation sites (N-methyl/N-ethyl adjacent to an activating group) is 1. The highest BCUT2D eigenvalue weighted by molar-refractivity contribution is 5.86. The van der Waals surface area contributed by atoms with Crippen molar-refractivity contribution in [3.63, 3.8) is 0 Å². The predicted molar refractivity (Wildman–Crippen MR) is 50.5 cm³/mol. The molecule has 3 nitrogen and oxygen atoms in total. The molecule has 2 unspecified atom stereocenters. The van der Waals surface area contributed by atoms with E-state index in [0.29, 0.717) is 12.1 Å². The summed E-state index contributed by atoms with van der Waals surface area (Å²) in [5.41, 5.74) is 0. The number of aliphatic imine (C=N–C) groups is 1. The fourth-order valence-corrected chi connectivity index (χ4v) is 2.15. The van der Waals surface area contributed by atoms with Crippen LogP contribution in [-0.4, -0.2) is 31.5 Å². The van der Waals surface area contributed by atoms with Crippen molar-refractivity contribution in [2.75, 3.05) is 13.6 Å². The fourth-order valence-electron chi connectivity index (χ4n) is 2.15. The van der Waals surface area contributed by atoms with Gasteiger partial charge in [0.15, 0.2) is 0 Å². The predicted octanol–water partition coefficient (Wildman–Crippen LogP) is 0.519. The van der Waals surface area contributed by atoms with Crippen molar-refractivity contribution in [3.05, 3.63) is 0 Å². The second-order valence-electron chi connectivity index (χ2n) is 3.71. The molecule has 1 aliphatic carbocycles. The van der Waals surface area contributed by atoms with Crippen LogP contribution in [0.15, 0.2) is 4.99 Å². The normalized spacial score (nSPS) is 33.9. The van der Waals surface area contributed by atoms with Gasteiger partial charge < -0.3 is 10.6 Å². The molecule has 2 atom stereocenters. The van der Waals surface area contributed by atoms with Crippen LogP contribution in [0.4, 0.5) is 0 Å². The number of amidine groups is 1. The molecule has 0 aromatic carbocycles. The van der Waals surface area contributed by atoms with Gasteiger partial charge in [-0.25, -0.2) is 0 Å². The van der Waals surface area contributed by atoms with Gasteiger partial charge >= 0.3 is 0 Å². The summed E-state index contributed by atoms with van der Waals surface area (Å²) < 4.78 is 0. The number of nitrogens with zero attached hydrogens (tertiary/aromatic N) is 1. The van der Waals surface area contributed by atoms with E-state index in [1.807, 2.05) is 7.05 Å². The molecule has 0 saturated heterocycles. The van der Waals surface area contributed by atoms with Crippen molar-refractivity contribution < 1.29 is 0 Å². The van der Waals surface area contributed by atoms with Gasteiger partial charge in [0, 0.05) is 6.04 Å². The van der Waals surface area contributed by atoms with Gasteiger partial charge in [-0.1, -0.05) is 12.8 Å². The molecule has 2 aliphatic rings. The molecule has 1 aliphatic heterocycles. The molecular weight excluding hydrogens is 150 g/mol. The Labute approximate surface area is 73.6 Å². The molecule has 0 bridgehead atoms. The molecule has 0 aromatic heterocycles. The lowest BCUT2D eigenvalue weighted by Gasteiger charge is -2.23. The molecule has 12 heavy (non-hydrogen) atoms. The highest BCUT2D eigenvalue weighted by Crippen LogP contribution is 2.24. The lowest BCUT2D eigenvalue weighted by atomic mass is 9.92. The van der Waals surface area contributed by atoms with Crippen LogP contribution in [0.25, 0.3) is 0 Å². The van der Waals surface area contributed by atoms with Crippen LogP contribution < -0.4 is 10.6 Å². The molecular formula is C9H17N3. The quantitative estimate of drug-likeness (QED) is 0.629. The van der Waals surface area contributed by atoms with E-state index in [0.717, 1.165) is 12.4 Å². The van der Waals surface area contributed by atoms with E-state index < -0.39 is 0 Å². The lowest BCUT2D eigenvalue weighted by Crippen LogP contribution is -2.39. The summed E-state index contributed by atoms with van der Waals surface area (Å²) >= 11 is 0. The van der Waals surface area contributed by atoms with E-state index in [1.54, 1.807) is 0 Å². The molecule has 0 spiro atoms. The minimum atomic E-state index is 0.585. The summed E-state index contributed by atoms with van der Waals surface area (Å²) in [6.45, 7) is 0.896. The van der Waals surface area contributed by atoms with Crippen molar-refractivity contribution in [2.45, 2.75) is 37.8 Å². The van der Waals surface area contributed by atoms with Crippen LogP contribution >= 0.6 is 0 Å². The van der Waals surface area contributed by atoms with Crippen molar-refractivity contribution in [1.29, 1.82) is 0 Å². The number of rotatable bonds is 2. The Balaban J connectivity index is 1.94. The van der Waals surface area contributed by atoms with E-state index in [-0.39, 0.29) is 0 Å². The zero-order chi connectivity index (χ0) is 8.39. The fraction of sp³-hybridized carbons (Fsp3) is 0.889. The van der Waals surface area contributed by atoms with Crippen molar-refractivity contribution >= 4 is 5.84 Å². The summed E-state index contributed by atoms with van der Waals surface area (Å²) in [5, 5.41) is 6.61. The Morgan fingerprint density at radius 3 is 3.08 bits per heavy atom. The lowest BCUT2D eigenvalue weighted by molar-refractivity contribution is 0.384. The first kappa shape index (κ1) is 8.05. The molecule has 0 radical (unpaired) electrons. The third kappa shape index (κ3) is 1.46. The summed E-state index contributed by atoms with van der Waals surface area (Å²) in [6.07, 6.45) is 5.32. The Kier molecular flexibility index (Phi) is 2.30. The molecule has 0 amide bonds. The van der Waals surface area contributed by atoms with Crippen LogP contribution in [-0.2, 0) is 0 Å². The third-order valence-corrected chi connectivity index (χ3v) is 2.75. The van der Waals surface area contributed by atoms with E-state index in [9.17, 15) is 0 Å². The average molecular weight is 167 g/mol. The van der Waals surface area contributed by atoms with Gasteiger partial charge in [0.2, 0.25) is 0 Å². The molecule has 3 heteroatoms. The first-order valence-corrected chi connectivity index (χ1v) is 4.88. The van der Waals surface area contributed by atoms with Gasteiger partial charge in [0.05, 0.1) is 12.6 Å². The van der Waals surface area contributed by atoms with Crippen LogP contribution in [0.3, 0.4) is 0 Å². The second-order valence-corrected chi connectivity index (χ2v) is 3.71. The Hall–Kier alpha value is -0.570. The van der Waals surface area contributed by atoms with Crippen LogP contribution in [0.1, 0.15) is 25.7 Å². The van der Waals surface area contributed by atoms with Crippen molar-refractivity contribution in [2.24, 2.45) is 4.99 Å². The van der Waals surface area contributed by atoms with E-state index in [2.05, 4.69) is 15.6 Å². The van der Waals surface area contributed by atoms with Gasteiger partial charge in [0.25, 0.3) is 0 Å². The van der Waals surface area contributed by atoms with Crippen molar-refractivity contribution in [3.8, 4) is 0 Å². The zero-order valence-corrected chi connectivity index (χ0v) is 7.64. The molecule has 1 fully saturated rings. The Morgan fingerprint density at radius 2 is 2.33 bits per heavy atom. The maximum absolute atomic E-state index is 4.64. The third-order valence-electron chi connectivity index (χ3n) is 2.75. The van der Waals surface area contributed by atoms with Gasteiger partial charge in [0.1, 0.15) is 5.84 Å². The monoisotopic (exact) mass is 167 g/mol. The van der Waals surface area contributed by atoms with Gasteiger partial charge in [-0.2, -0.15) is 0 Å². The minimum absolute atomic E-state index is 0.585. The van der Waals surface area contributed by atoms with Crippen LogP contribution in [0.5, 0.6) is 0 Å². The topological polar surface area (TPSA) is 36.4 Å². The van der Waals surface area contributed by atoms with E-state index in [1.165, 1.54) is 25.7 Å². The number of nitrogens with one attached hydrogen (secondary N) is 2. The molecule has 1 saturated carbocycles. The maximum atomic E-state index is 4.64. The van der Waals surface area contributed by atoms with Crippen LogP contribution in [0, 0.1) is 0 Å². The summed E-state index contributed by atoms with van der Waals surface area (Å²) in [7, 11) is 1.96. The van der Waals surface area contributed by atoms with Gasteiger partial charge in [-0.15, -0.1) is 0 Å². The largest absolute Gasteiger partial charge is 0.368 e. The SMILES string of the molecule is CNCC1=NC2CCCCC2N1. The zero-order valence-electron chi connectivity index (χ0n) is 7.64. The van der Waals surface area contributed by atoms with E-state index in [4.69, 9.17) is 0 Å². The number of fused-ring (bicyclic) bond motifs is 1. The van der Waals surface area contributed by atoms with E-state index >= 15 is 0 Å². The van der Waals surface area contributed by atoms with Crippen LogP contribution in [0.2, 0.25) is 0 Å². The molecule has 68 valence electrons. The Morgan fingerprint density at radius 1 is 1.50 bits per heavy atom. The summed E-state index contributed by atoms with van der Waals surface area (Å²) in [6, 6.07) is 1.24. The first-order valence-electron chi connectivity index (χ1n) is 4.88. The molecule has 2 N–H and O–H groups in total. The van der Waals surface area contributed by atoms with Gasteiger partial charge in [-0.05, 0) is 19.9 Å². The smallest absolute Gasteiger partial charge is 0.111 e. The summed E-state index contributed by atoms with van der Waals surface area (Å²) in [5.74, 6) is 1.16.